The number of amides is 2. The maximum Gasteiger partial charge on any atom is 0.317 e. The van der Waals surface area contributed by atoms with Gasteiger partial charge in [0, 0.05) is 31.7 Å². The van der Waals surface area contributed by atoms with Gasteiger partial charge in [-0.15, -0.1) is 0 Å². The van der Waals surface area contributed by atoms with Crippen molar-refractivity contribution in [2.45, 2.75) is 52.2 Å². The summed E-state index contributed by atoms with van der Waals surface area (Å²) in [5.74, 6) is -0.830. The molecule has 0 radical (unpaired) electrons. The van der Waals surface area contributed by atoms with Gasteiger partial charge in [0.1, 0.15) is 0 Å². The molecular weight excluding hydrogens is 272 g/mol. The fraction of sp³-hybridized carbons (Fsp3) is 0.867. The fourth-order valence-electron chi connectivity index (χ4n) is 3.36. The lowest BCUT2D eigenvalue weighted by atomic mass is 9.64. The number of piperidine rings is 1. The predicted octanol–water partition coefficient (Wildman–Crippen LogP) is 1.70. The summed E-state index contributed by atoms with van der Waals surface area (Å²) < 4.78 is 5.38. The molecule has 6 heteroatoms. The van der Waals surface area contributed by atoms with Gasteiger partial charge < -0.3 is 20.1 Å². The Morgan fingerprint density at radius 2 is 2.00 bits per heavy atom. The molecule has 3 unspecified atom stereocenters. The number of carbonyl (C=O) groups is 2. The topological polar surface area (TPSA) is 78.9 Å². The van der Waals surface area contributed by atoms with Crippen LogP contribution in [0.5, 0.6) is 0 Å². The lowest BCUT2D eigenvalue weighted by Gasteiger charge is -2.51. The summed E-state index contributed by atoms with van der Waals surface area (Å²) in [4.78, 5) is 25.4. The molecule has 0 bridgehead atoms. The van der Waals surface area contributed by atoms with Gasteiger partial charge in [0.2, 0.25) is 0 Å². The maximum absolute atomic E-state index is 12.4. The number of likely N-dealkylation sites (tertiary alicyclic amines) is 1. The monoisotopic (exact) mass is 298 g/mol. The molecule has 2 fully saturated rings. The highest BCUT2D eigenvalue weighted by Crippen LogP contribution is 2.42. The number of aliphatic carboxylic acids is 1. The van der Waals surface area contributed by atoms with Crippen molar-refractivity contribution in [3.8, 4) is 0 Å². The van der Waals surface area contributed by atoms with Crippen LogP contribution in [-0.2, 0) is 9.53 Å². The van der Waals surface area contributed by atoms with E-state index < -0.39 is 11.4 Å². The minimum Gasteiger partial charge on any atom is -0.481 e. The first-order chi connectivity index (χ1) is 9.70. The van der Waals surface area contributed by atoms with Gasteiger partial charge in [-0.05, 0) is 26.2 Å². The van der Waals surface area contributed by atoms with Crippen LogP contribution >= 0.6 is 0 Å². The van der Waals surface area contributed by atoms with Crippen molar-refractivity contribution < 1.29 is 19.4 Å². The molecule has 2 amide bonds. The highest BCUT2D eigenvalue weighted by Gasteiger charge is 2.50. The van der Waals surface area contributed by atoms with E-state index in [-0.39, 0.29) is 30.1 Å². The zero-order valence-corrected chi connectivity index (χ0v) is 13.3. The van der Waals surface area contributed by atoms with Crippen molar-refractivity contribution in [3.63, 3.8) is 0 Å². The minimum absolute atomic E-state index is 0.0768. The second-order valence-electron chi connectivity index (χ2n) is 7.17. The molecule has 1 saturated heterocycles. The lowest BCUT2D eigenvalue weighted by Crippen LogP contribution is -2.64. The highest BCUT2D eigenvalue weighted by molar-refractivity contribution is 5.78. The fourth-order valence-corrected chi connectivity index (χ4v) is 3.36. The Balaban J connectivity index is 1.94. The number of nitrogens with zero attached hydrogens (tertiary/aromatic N) is 1. The van der Waals surface area contributed by atoms with Crippen molar-refractivity contribution in [2.75, 3.05) is 20.2 Å². The van der Waals surface area contributed by atoms with Crippen LogP contribution in [0.1, 0.15) is 40.0 Å². The SMILES string of the molecule is COC1CC(NC(=O)N2CCCC(C)(C(=O)O)C2)C1(C)C. The molecule has 2 rings (SSSR count). The number of hydrogen-bond acceptors (Lipinski definition) is 3. The van der Waals surface area contributed by atoms with E-state index >= 15 is 0 Å². The summed E-state index contributed by atoms with van der Waals surface area (Å²) >= 11 is 0. The van der Waals surface area contributed by atoms with Gasteiger partial charge >= 0.3 is 12.0 Å². The van der Waals surface area contributed by atoms with Gasteiger partial charge in [0.05, 0.1) is 11.5 Å². The average Bonchev–Trinajstić information content (AvgIpc) is 2.42. The average molecular weight is 298 g/mol. The van der Waals surface area contributed by atoms with Gasteiger partial charge in [-0.3, -0.25) is 4.79 Å². The molecule has 3 atom stereocenters. The number of carboxylic acid groups (broad SMARTS) is 1. The molecule has 21 heavy (non-hydrogen) atoms. The van der Waals surface area contributed by atoms with E-state index in [0.717, 1.165) is 12.8 Å². The van der Waals surface area contributed by atoms with Crippen LogP contribution in [0.15, 0.2) is 0 Å². The van der Waals surface area contributed by atoms with E-state index in [4.69, 9.17) is 4.74 Å². The molecule has 120 valence electrons. The largest absolute Gasteiger partial charge is 0.481 e. The molecular formula is C15H26N2O4. The molecule has 1 heterocycles. The predicted molar refractivity (Wildman–Crippen MR) is 78.1 cm³/mol. The second-order valence-corrected chi connectivity index (χ2v) is 7.17. The zero-order chi connectivity index (χ0) is 15.8. The number of carbonyl (C=O) groups excluding carboxylic acids is 1. The smallest absolute Gasteiger partial charge is 0.317 e. The van der Waals surface area contributed by atoms with E-state index in [9.17, 15) is 14.7 Å². The Labute approximate surface area is 125 Å². The van der Waals surface area contributed by atoms with Crippen LogP contribution in [-0.4, -0.2) is 54.4 Å². The Morgan fingerprint density at radius 1 is 1.33 bits per heavy atom. The number of carboxylic acids is 1. The lowest BCUT2D eigenvalue weighted by molar-refractivity contribution is -0.150. The van der Waals surface area contributed by atoms with Crippen LogP contribution in [0, 0.1) is 10.8 Å². The van der Waals surface area contributed by atoms with Crippen molar-refractivity contribution in [2.24, 2.45) is 10.8 Å². The molecule has 6 nitrogen and oxygen atoms in total. The van der Waals surface area contributed by atoms with E-state index in [1.165, 1.54) is 0 Å². The van der Waals surface area contributed by atoms with Crippen molar-refractivity contribution in [1.29, 1.82) is 0 Å². The van der Waals surface area contributed by atoms with Gasteiger partial charge in [-0.1, -0.05) is 13.8 Å². The molecule has 0 aromatic rings. The molecule has 0 aromatic heterocycles. The third-order valence-corrected chi connectivity index (χ3v) is 5.26. The third kappa shape index (κ3) is 2.86. The van der Waals surface area contributed by atoms with E-state index in [0.29, 0.717) is 13.0 Å². The van der Waals surface area contributed by atoms with E-state index in [2.05, 4.69) is 19.2 Å². The van der Waals surface area contributed by atoms with Crippen LogP contribution in [0.2, 0.25) is 0 Å². The highest BCUT2D eigenvalue weighted by atomic mass is 16.5. The molecule has 0 spiro atoms. The van der Waals surface area contributed by atoms with Crippen LogP contribution < -0.4 is 5.32 Å². The molecule has 0 aromatic carbocycles. The van der Waals surface area contributed by atoms with Gasteiger partial charge in [0.15, 0.2) is 0 Å². The molecule has 2 aliphatic rings. The Hall–Kier alpha value is -1.30. The summed E-state index contributed by atoms with van der Waals surface area (Å²) in [7, 11) is 1.69. The van der Waals surface area contributed by atoms with E-state index in [1.54, 1.807) is 18.9 Å². The van der Waals surface area contributed by atoms with E-state index in [1.807, 2.05) is 0 Å². The van der Waals surface area contributed by atoms with Gasteiger partial charge in [-0.25, -0.2) is 4.79 Å². The number of urea groups is 1. The quantitative estimate of drug-likeness (QED) is 0.831. The number of hydrogen-bond donors (Lipinski definition) is 2. The number of ether oxygens (including phenoxy) is 1. The van der Waals surface area contributed by atoms with Crippen molar-refractivity contribution >= 4 is 12.0 Å². The third-order valence-electron chi connectivity index (χ3n) is 5.26. The standard InChI is InChI=1S/C15H26N2O4/c1-14(2)10(8-11(14)21-4)16-13(20)17-7-5-6-15(3,9-17)12(18)19/h10-11H,5-9H2,1-4H3,(H,16,20)(H,18,19). The summed E-state index contributed by atoms with van der Waals surface area (Å²) in [5, 5.41) is 12.3. The molecule has 2 N–H and O–H groups in total. The summed E-state index contributed by atoms with van der Waals surface area (Å²) in [6.45, 7) is 6.76. The first-order valence-electron chi connectivity index (χ1n) is 7.52. The van der Waals surface area contributed by atoms with Crippen LogP contribution in [0.4, 0.5) is 4.79 Å². The Morgan fingerprint density at radius 3 is 2.52 bits per heavy atom. The van der Waals surface area contributed by atoms with Gasteiger partial charge in [0.25, 0.3) is 0 Å². The number of nitrogens with one attached hydrogen (secondary N) is 1. The zero-order valence-electron chi connectivity index (χ0n) is 13.3. The molecule has 1 saturated carbocycles. The van der Waals surface area contributed by atoms with Crippen LogP contribution in [0.25, 0.3) is 0 Å². The summed E-state index contributed by atoms with van der Waals surface area (Å²) in [6.07, 6.45) is 2.31. The van der Waals surface area contributed by atoms with Crippen molar-refractivity contribution in [1.82, 2.24) is 10.2 Å². The van der Waals surface area contributed by atoms with Crippen molar-refractivity contribution in [3.05, 3.63) is 0 Å². The maximum atomic E-state index is 12.4. The second kappa shape index (κ2) is 5.48. The first-order valence-corrected chi connectivity index (χ1v) is 7.52. The summed E-state index contributed by atoms with van der Waals surface area (Å²) in [6, 6.07) is -0.0808. The number of methoxy groups -OCH3 is 1. The van der Waals surface area contributed by atoms with Gasteiger partial charge in [-0.2, -0.15) is 0 Å². The molecule has 1 aliphatic heterocycles. The first kappa shape index (κ1) is 16.1. The Bertz CT molecular complexity index is 437. The number of rotatable bonds is 3. The summed E-state index contributed by atoms with van der Waals surface area (Å²) in [5.41, 5.74) is -0.921. The normalized spacial score (nSPS) is 35.0. The van der Waals surface area contributed by atoms with Crippen LogP contribution in [0.3, 0.4) is 0 Å². The Kier molecular flexibility index (Phi) is 4.19. The minimum atomic E-state index is -0.834. The molecule has 1 aliphatic carbocycles.